The SMILES string of the molecule is OB(O)c1ccc(OCCc2ccccn2)cc1F. The van der Waals surface area contributed by atoms with Crippen molar-refractivity contribution in [3.8, 4) is 5.75 Å². The highest BCUT2D eigenvalue weighted by molar-refractivity contribution is 6.58. The lowest BCUT2D eigenvalue weighted by Crippen LogP contribution is -2.32. The van der Waals surface area contributed by atoms with Crippen LogP contribution in [0, 0.1) is 5.82 Å². The average molecular weight is 261 g/mol. The number of pyridine rings is 1. The predicted octanol–water partition coefficient (Wildman–Crippen LogP) is 0.522. The van der Waals surface area contributed by atoms with Crippen LogP contribution in [0.5, 0.6) is 5.75 Å². The van der Waals surface area contributed by atoms with Crippen LogP contribution in [0.4, 0.5) is 4.39 Å². The number of ether oxygens (including phenoxy) is 1. The lowest BCUT2D eigenvalue weighted by molar-refractivity contribution is 0.319. The summed E-state index contributed by atoms with van der Waals surface area (Å²) in [5.41, 5.74) is 0.724. The average Bonchev–Trinajstić information content (AvgIpc) is 2.39. The zero-order valence-electron chi connectivity index (χ0n) is 10.2. The van der Waals surface area contributed by atoms with Crippen LogP contribution in [-0.2, 0) is 6.42 Å². The minimum Gasteiger partial charge on any atom is -0.493 e. The van der Waals surface area contributed by atoms with Crippen LogP contribution in [0.15, 0.2) is 42.6 Å². The molecular weight excluding hydrogens is 248 g/mol. The molecule has 0 aliphatic carbocycles. The fraction of sp³-hybridized carbons (Fsp3) is 0.154. The Hall–Kier alpha value is -1.92. The van der Waals surface area contributed by atoms with Crippen molar-refractivity contribution in [2.24, 2.45) is 0 Å². The largest absolute Gasteiger partial charge is 0.493 e. The van der Waals surface area contributed by atoms with Gasteiger partial charge in [0.25, 0.3) is 0 Å². The maximum absolute atomic E-state index is 13.4. The molecule has 0 aliphatic rings. The molecule has 2 rings (SSSR count). The normalized spacial score (nSPS) is 10.3. The molecule has 98 valence electrons. The van der Waals surface area contributed by atoms with Crippen LogP contribution in [0.2, 0.25) is 0 Å². The summed E-state index contributed by atoms with van der Waals surface area (Å²) < 4.78 is 18.8. The van der Waals surface area contributed by atoms with Gasteiger partial charge in [-0.25, -0.2) is 4.39 Å². The van der Waals surface area contributed by atoms with Gasteiger partial charge >= 0.3 is 7.12 Å². The number of halogens is 1. The second-order valence-electron chi connectivity index (χ2n) is 3.98. The van der Waals surface area contributed by atoms with Crippen LogP contribution in [-0.4, -0.2) is 28.8 Å². The van der Waals surface area contributed by atoms with E-state index >= 15 is 0 Å². The van der Waals surface area contributed by atoms with E-state index in [0.29, 0.717) is 18.8 Å². The summed E-state index contributed by atoms with van der Waals surface area (Å²) in [6.45, 7) is 0.372. The molecule has 0 unspecified atom stereocenters. The molecule has 4 nitrogen and oxygen atoms in total. The van der Waals surface area contributed by atoms with Crippen LogP contribution >= 0.6 is 0 Å². The molecule has 0 aliphatic heterocycles. The molecule has 19 heavy (non-hydrogen) atoms. The third kappa shape index (κ3) is 3.77. The van der Waals surface area contributed by atoms with Gasteiger partial charge in [0.1, 0.15) is 11.6 Å². The Morgan fingerprint density at radius 1 is 1.21 bits per heavy atom. The Bertz CT molecular complexity index is 537. The Labute approximate surface area is 110 Å². The van der Waals surface area contributed by atoms with Crippen molar-refractivity contribution in [3.63, 3.8) is 0 Å². The number of hydrogen-bond donors (Lipinski definition) is 2. The molecule has 1 aromatic carbocycles. The van der Waals surface area contributed by atoms with Crippen LogP contribution in [0.1, 0.15) is 5.69 Å². The molecule has 0 amide bonds. The van der Waals surface area contributed by atoms with Gasteiger partial charge in [-0.2, -0.15) is 0 Å². The van der Waals surface area contributed by atoms with Gasteiger partial charge in [0.2, 0.25) is 0 Å². The van der Waals surface area contributed by atoms with E-state index in [4.69, 9.17) is 14.8 Å². The lowest BCUT2D eigenvalue weighted by Gasteiger charge is -2.08. The zero-order chi connectivity index (χ0) is 13.7. The highest BCUT2D eigenvalue weighted by Gasteiger charge is 2.16. The highest BCUT2D eigenvalue weighted by atomic mass is 19.1. The molecule has 0 spiro atoms. The standard InChI is InChI=1S/C13H13BFNO3/c15-13-9-11(4-5-12(13)14(17)18)19-8-6-10-3-1-2-7-16-10/h1-5,7,9,17-18H,6,8H2. The van der Waals surface area contributed by atoms with Crippen molar-refractivity contribution < 1.29 is 19.2 Å². The second-order valence-corrected chi connectivity index (χ2v) is 3.98. The summed E-state index contributed by atoms with van der Waals surface area (Å²) >= 11 is 0. The molecule has 0 saturated carbocycles. The molecule has 1 aromatic heterocycles. The molecule has 0 radical (unpaired) electrons. The van der Waals surface area contributed by atoms with Gasteiger partial charge in [-0.3, -0.25) is 4.98 Å². The number of nitrogens with zero attached hydrogens (tertiary/aromatic N) is 1. The van der Waals surface area contributed by atoms with Crippen LogP contribution in [0.25, 0.3) is 0 Å². The van der Waals surface area contributed by atoms with Crippen molar-refractivity contribution in [3.05, 3.63) is 54.1 Å². The fourth-order valence-corrected chi connectivity index (χ4v) is 1.63. The first-order valence-electron chi connectivity index (χ1n) is 5.85. The van der Waals surface area contributed by atoms with Gasteiger partial charge in [0.05, 0.1) is 6.61 Å². The molecule has 0 saturated heterocycles. The Morgan fingerprint density at radius 2 is 2.05 bits per heavy atom. The van der Waals surface area contributed by atoms with Crippen molar-refractivity contribution in [2.45, 2.75) is 6.42 Å². The molecule has 0 bridgehead atoms. The molecule has 6 heteroatoms. The minimum atomic E-state index is -1.82. The summed E-state index contributed by atoms with van der Waals surface area (Å²) in [7, 11) is -1.82. The van der Waals surface area contributed by atoms with E-state index in [-0.39, 0.29) is 5.46 Å². The van der Waals surface area contributed by atoms with E-state index in [9.17, 15) is 4.39 Å². The van der Waals surface area contributed by atoms with Crippen LogP contribution in [0.3, 0.4) is 0 Å². The van der Waals surface area contributed by atoms with Crippen LogP contribution < -0.4 is 10.2 Å². The Balaban J connectivity index is 1.92. The molecule has 0 atom stereocenters. The first-order chi connectivity index (χ1) is 9.16. The smallest absolute Gasteiger partial charge is 0.491 e. The van der Waals surface area contributed by atoms with Gasteiger partial charge in [-0.05, 0) is 18.2 Å². The Kier molecular flexibility index (Phi) is 4.49. The number of rotatable bonds is 5. The second kappa shape index (κ2) is 6.31. The van der Waals surface area contributed by atoms with E-state index in [0.717, 1.165) is 11.8 Å². The first-order valence-corrected chi connectivity index (χ1v) is 5.85. The Morgan fingerprint density at radius 3 is 2.68 bits per heavy atom. The summed E-state index contributed by atoms with van der Waals surface area (Å²) in [6, 6.07) is 9.52. The summed E-state index contributed by atoms with van der Waals surface area (Å²) in [6.07, 6.45) is 2.32. The van der Waals surface area contributed by atoms with Gasteiger partial charge in [-0.1, -0.05) is 12.1 Å². The summed E-state index contributed by atoms with van der Waals surface area (Å²) in [5, 5.41) is 17.8. The monoisotopic (exact) mass is 261 g/mol. The number of aromatic nitrogens is 1. The van der Waals surface area contributed by atoms with Crippen molar-refractivity contribution in [2.75, 3.05) is 6.61 Å². The highest BCUT2D eigenvalue weighted by Crippen LogP contribution is 2.11. The molecule has 2 aromatic rings. The minimum absolute atomic E-state index is 0.169. The number of benzene rings is 1. The van der Waals surface area contributed by atoms with Gasteiger partial charge in [0.15, 0.2) is 0 Å². The molecule has 0 fully saturated rings. The lowest BCUT2D eigenvalue weighted by atomic mass is 9.80. The van der Waals surface area contributed by atoms with Gasteiger partial charge in [0, 0.05) is 29.8 Å². The molecule has 2 N–H and O–H groups in total. The van der Waals surface area contributed by atoms with E-state index in [2.05, 4.69) is 4.98 Å². The van der Waals surface area contributed by atoms with E-state index in [1.165, 1.54) is 12.1 Å². The maximum Gasteiger partial charge on any atom is 0.491 e. The van der Waals surface area contributed by atoms with E-state index < -0.39 is 12.9 Å². The van der Waals surface area contributed by atoms with E-state index in [1.807, 2.05) is 18.2 Å². The third-order valence-corrected chi connectivity index (χ3v) is 2.60. The van der Waals surface area contributed by atoms with Gasteiger partial charge < -0.3 is 14.8 Å². The zero-order valence-corrected chi connectivity index (χ0v) is 10.2. The van der Waals surface area contributed by atoms with Crippen molar-refractivity contribution >= 4 is 12.6 Å². The van der Waals surface area contributed by atoms with Crippen molar-refractivity contribution in [1.82, 2.24) is 4.98 Å². The van der Waals surface area contributed by atoms with Gasteiger partial charge in [-0.15, -0.1) is 0 Å². The summed E-state index contributed by atoms with van der Waals surface area (Å²) in [4.78, 5) is 4.14. The number of hydrogen-bond acceptors (Lipinski definition) is 4. The molecular formula is C13H13BFNO3. The first kappa shape index (κ1) is 13.5. The quantitative estimate of drug-likeness (QED) is 0.770. The predicted molar refractivity (Wildman–Crippen MR) is 69.7 cm³/mol. The topological polar surface area (TPSA) is 62.6 Å². The molecule has 1 heterocycles. The fourth-order valence-electron chi connectivity index (χ4n) is 1.63. The maximum atomic E-state index is 13.4. The third-order valence-electron chi connectivity index (χ3n) is 2.60. The summed E-state index contributed by atoms with van der Waals surface area (Å²) in [5.74, 6) is -0.358. The van der Waals surface area contributed by atoms with E-state index in [1.54, 1.807) is 6.20 Å². The van der Waals surface area contributed by atoms with Crippen molar-refractivity contribution in [1.29, 1.82) is 0 Å².